The van der Waals surface area contributed by atoms with E-state index >= 15 is 0 Å². The Kier molecular flexibility index (Phi) is 7.99. The molecule has 20 heavy (non-hydrogen) atoms. The molecule has 0 fully saturated rings. The molecule has 4 nitrogen and oxygen atoms in total. The van der Waals surface area contributed by atoms with E-state index in [2.05, 4.69) is 12.2 Å². The Hall–Kier alpha value is -1.33. The normalized spacial score (nSPS) is 10.2. The lowest BCUT2D eigenvalue weighted by Crippen LogP contribution is -2.37. The summed E-state index contributed by atoms with van der Waals surface area (Å²) in [6, 6.07) is 7.66. The highest BCUT2D eigenvalue weighted by molar-refractivity contribution is 7.80. The summed E-state index contributed by atoms with van der Waals surface area (Å²) in [7, 11) is 1.64. The first-order valence-corrected chi connectivity index (χ1v) is 7.43. The standard InChI is InChI=1S/C15H24N2O2S/c1-3-4-7-10-17(11-12-18)15(20)16-13-8-5-6-9-14(13)19-2/h5-6,8-9,18H,3-4,7,10-12H2,1-2H3,(H,16,20). The molecule has 0 aliphatic heterocycles. The van der Waals surface area contributed by atoms with Crippen molar-refractivity contribution in [2.24, 2.45) is 0 Å². The van der Waals surface area contributed by atoms with Gasteiger partial charge in [-0.1, -0.05) is 31.9 Å². The Labute approximate surface area is 126 Å². The highest BCUT2D eigenvalue weighted by atomic mass is 32.1. The Morgan fingerprint density at radius 3 is 2.70 bits per heavy atom. The van der Waals surface area contributed by atoms with Crippen LogP contribution in [0.15, 0.2) is 24.3 Å². The van der Waals surface area contributed by atoms with Crippen molar-refractivity contribution >= 4 is 23.0 Å². The fourth-order valence-electron chi connectivity index (χ4n) is 1.93. The zero-order valence-corrected chi connectivity index (χ0v) is 13.1. The van der Waals surface area contributed by atoms with Crippen molar-refractivity contribution in [3.63, 3.8) is 0 Å². The van der Waals surface area contributed by atoms with Crippen LogP contribution in [-0.4, -0.2) is 41.9 Å². The molecule has 0 saturated carbocycles. The van der Waals surface area contributed by atoms with Gasteiger partial charge >= 0.3 is 0 Å². The second-order valence-electron chi connectivity index (χ2n) is 4.55. The monoisotopic (exact) mass is 296 g/mol. The molecular formula is C15H24N2O2S. The zero-order chi connectivity index (χ0) is 14.8. The van der Waals surface area contributed by atoms with E-state index in [1.807, 2.05) is 29.2 Å². The van der Waals surface area contributed by atoms with Crippen LogP contribution in [0, 0.1) is 0 Å². The molecule has 0 amide bonds. The molecule has 1 aromatic carbocycles. The van der Waals surface area contributed by atoms with Gasteiger partial charge < -0.3 is 20.1 Å². The summed E-state index contributed by atoms with van der Waals surface area (Å²) in [5.41, 5.74) is 0.846. The molecule has 0 saturated heterocycles. The van der Waals surface area contributed by atoms with E-state index in [0.29, 0.717) is 11.7 Å². The summed E-state index contributed by atoms with van der Waals surface area (Å²) in [4.78, 5) is 2.00. The first-order valence-electron chi connectivity index (χ1n) is 7.02. The molecular weight excluding hydrogens is 272 g/mol. The lowest BCUT2D eigenvalue weighted by atomic mass is 10.2. The molecule has 1 rings (SSSR count). The average Bonchev–Trinajstić information content (AvgIpc) is 2.47. The molecule has 0 atom stereocenters. The fraction of sp³-hybridized carbons (Fsp3) is 0.533. The highest BCUT2D eigenvalue weighted by Gasteiger charge is 2.10. The minimum Gasteiger partial charge on any atom is -0.495 e. The topological polar surface area (TPSA) is 44.7 Å². The van der Waals surface area contributed by atoms with Gasteiger partial charge in [-0.25, -0.2) is 0 Å². The predicted molar refractivity (Wildman–Crippen MR) is 87.4 cm³/mol. The lowest BCUT2D eigenvalue weighted by Gasteiger charge is -2.25. The van der Waals surface area contributed by atoms with Crippen LogP contribution in [0.1, 0.15) is 26.2 Å². The number of nitrogens with zero attached hydrogens (tertiary/aromatic N) is 1. The Bertz CT molecular complexity index is 413. The third-order valence-electron chi connectivity index (χ3n) is 3.04. The number of rotatable bonds is 8. The van der Waals surface area contributed by atoms with Crippen LogP contribution in [0.3, 0.4) is 0 Å². The number of hydrogen-bond acceptors (Lipinski definition) is 3. The van der Waals surface area contributed by atoms with Gasteiger partial charge in [0.15, 0.2) is 5.11 Å². The number of aliphatic hydroxyl groups is 1. The summed E-state index contributed by atoms with van der Waals surface area (Å²) < 4.78 is 5.29. The summed E-state index contributed by atoms with van der Waals surface area (Å²) >= 11 is 5.43. The Morgan fingerprint density at radius 1 is 1.30 bits per heavy atom. The Balaban J connectivity index is 2.64. The van der Waals surface area contributed by atoms with Gasteiger partial charge in [-0.2, -0.15) is 0 Å². The maximum absolute atomic E-state index is 9.16. The van der Waals surface area contributed by atoms with Gasteiger partial charge in [-0.15, -0.1) is 0 Å². The van der Waals surface area contributed by atoms with Gasteiger partial charge in [0.25, 0.3) is 0 Å². The number of ether oxygens (including phenoxy) is 1. The third kappa shape index (κ3) is 5.35. The first kappa shape index (κ1) is 16.7. The van der Waals surface area contributed by atoms with Crippen molar-refractivity contribution in [2.75, 3.05) is 32.1 Å². The van der Waals surface area contributed by atoms with E-state index in [1.165, 1.54) is 12.8 Å². The minimum atomic E-state index is 0.0971. The average molecular weight is 296 g/mol. The SMILES string of the molecule is CCCCCN(CCO)C(=S)Nc1ccccc1OC. The molecule has 0 aromatic heterocycles. The molecule has 0 aliphatic carbocycles. The maximum Gasteiger partial charge on any atom is 0.173 e. The van der Waals surface area contributed by atoms with Gasteiger partial charge in [-0.05, 0) is 30.8 Å². The molecule has 0 radical (unpaired) electrons. The number of thiocarbonyl (C=S) groups is 1. The van der Waals surface area contributed by atoms with Crippen LogP contribution in [-0.2, 0) is 0 Å². The van der Waals surface area contributed by atoms with Gasteiger partial charge in [-0.3, -0.25) is 0 Å². The summed E-state index contributed by atoms with van der Waals surface area (Å²) in [5, 5.41) is 13.0. The third-order valence-corrected chi connectivity index (χ3v) is 3.40. The number of aliphatic hydroxyl groups excluding tert-OH is 1. The quantitative estimate of drug-likeness (QED) is 0.570. The van der Waals surface area contributed by atoms with E-state index in [9.17, 15) is 0 Å². The molecule has 0 spiro atoms. The number of hydrogen-bond donors (Lipinski definition) is 2. The molecule has 0 bridgehead atoms. The van der Waals surface area contributed by atoms with Crippen molar-refractivity contribution in [1.29, 1.82) is 0 Å². The van der Waals surface area contributed by atoms with E-state index in [0.717, 1.165) is 24.4 Å². The van der Waals surface area contributed by atoms with E-state index in [4.69, 9.17) is 22.1 Å². The smallest absolute Gasteiger partial charge is 0.173 e. The van der Waals surface area contributed by atoms with Crippen LogP contribution in [0.5, 0.6) is 5.75 Å². The second kappa shape index (κ2) is 9.55. The van der Waals surface area contributed by atoms with Gasteiger partial charge in [0, 0.05) is 13.1 Å². The molecule has 112 valence electrons. The van der Waals surface area contributed by atoms with Crippen LogP contribution in [0.25, 0.3) is 0 Å². The number of para-hydroxylation sites is 2. The number of benzene rings is 1. The number of methoxy groups -OCH3 is 1. The van der Waals surface area contributed by atoms with Crippen LogP contribution in [0.2, 0.25) is 0 Å². The first-order chi connectivity index (χ1) is 9.72. The number of nitrogens with one attached hydrogen (secondary N) is 1. The molecule has 2 N–H and O–H groups in total. The molecule has 1 aromatic rings. The largest absolute Gasteiger partial charge is 0.495 e. The van der Waals surface area contributed by atoms with Gasteiger partial charge in [0.05, 0.1) is 19.4 Å². The molecule has 0 aliphatic rings. The second-order valence-corrected chi connectivity index (χ2v) is 4.93. The van der Waals surface area contributed by atoms with E-state index in [1.54, 1.807) is 7.11 Å². The molecule has 0 unspecified atom stereocenters. The fourth-order valence-corrected chi connectivity index (χ4v) is 2.22. The summed E-state index contributed by atoms with van der Waals surface area (Å²) in [5.74, 6) is 0.757. The minimum absolute atomic E-state index is 0.0971. The van der Waals surface area contributed by atoms with Crippen LogP contribution >= 0.6 is 12.2 Å². The van der Waals surface area contributed by atoms with Crippen molar-refractivity contribution < 1.29 is 9.84 Å². The molecule has 0 heterocycles. The van der Waals surface area contributed by atoms with Crippen molar-refractivity contribution in [3.8, 4) is 5.75 Å². The molecule has 5 heteroatoms. The Morgan fingerprint density at radius 2 is 2.05 bits per heavy atom. The van der Waals surface area contributed by atoms with E-state index < -0.39 is 0 Å². The summed E-state index contributed by atoms with van der Waals surface area (Å²) in [6.45, 7) is 3.67. The highest BCUT2D eigenvalue weighted by Crippen LogP contribution is 2.23. The number of unbranched alkanes of at least 4 members (excludes halogenated alkanes) is 2. The van der Waals surface area contributed by atoms with Crippen LogP contribution < -0.4 is 10.1 Å². The van der Waals surface area contributed by atoms with Crippen molar-refractivity contribution in [2.45, 2.75) is 26.2 Å². The number of anilines is 1. The lowest BCUT2D eigenvalue weighted by molar-refractivity contribution is 0.249. The van der Waals surface area contributed by atoms with E-state index in [-0.39, 0.29) is 6.61 Å². The van der Waals surface area contributed by atoms with Gasteiger partial charge in [0.1, 0.15) is 5.75 Å². The zero-order valence-electron chi connectivity index (χ0n) is 12.3. The van der Waals surface area contributed by atoms with Gasteiger partial charge in [0.2, 0.25) is 0 Å². The maximum atomic E-state index is 9.16. The summed E-state index contributed by atoms with van der Waals surface area (Å²) in [6.07, 6.45) is 3.41. The predicted octanol–water partition coefficient (Wildman–Crippen LogP) is 2.88. The van der Waals surface area contributed by atoms with Crippen LogP contribution in [0.4, 0.5) is 5.69 Å². The van der Waals surface area contributed by atoms with Crippen molar-refractivity contribution in [1.82, 2.24) is 4.90 Å². The van der Waals surface area contributed by atoms with Crippen molar-refractivity contribution in [3.05, 3.63) is 24.3 Å².